The molecule has 0 aliphatic heterocycles. The Balaban J connectivity index is 2.11. The van der Waals surface area contributed by atoms with Crippen LogP contribution in [0.15, 0.2) is 53.0 Å². The van der Waals surface area contributed by atoms with E-state index in [1.807, 2.05) is 12.1 Å². The molecule has 0 aliphatic rings. The van der Waals surface area contributed by atoms with Gasteiger partial charge in [-0.05, 0) is 36.6 Å². The number of rotatable bonds is 6. The van der Waals surface area contributed by atoms with Gasteiger partial charge in [0.05, 0.1) is 12.7 Å². The smallest absolute Gasteiger partial charge is 0.0980 e. The van der Waals surface area contributed by atoms with Crippen molar-refractivity contribution < 1.29 is 4.74 Å². The van der Waals surface area contributed by atoms with Gasteiger partial charge in [-0.3, -0.25) is 0 Å². The maximum atomic E-state index is 6.26. The Morgan fingerprint density at radius 3 is 2.48 bits per heavy atom. The average Bonchev–Trinajstić information content (AvgIpc) is 2.49. The summed E-state index contributed by atoms with van der Waals surface area (Å²) >= 11 is 3.44. The molecule has 2 aromatic rings. The van der Waals surface area contributed by atoms with E-state index in [9.17, 15) is 0 Å². The Labute approximate surface area is 135 Å². The van der Waals surface area contributed by atoms with Crippen LogP contribution in [0, 0.1) is 6.92 Å². The lowest BCUT2D eigenvalue weighted by Gasteiger charge is -2.24. The van der Waals surface area contributed by atoms with Gasteiger partial charge in [-0.2, -0.15) is 0 Å². The maximum Gasteiger partial charge on any atom is 0.0980 e. The molecule has 0 bridgehead atoms. The summed E-state index contributed by atoms with van der Waals surface area (Å²) in [7, 11) is 0. The zero-order valence-corrected chi connectivity index (χ0v) is 14.1. The van der Waals surface area contributed by atoms with Crippen molar-refractivity contribution in [1.82, 2.24) is 0 Å². The van der Waals surface area contributed by atoms with Crippen LogP contribution in [-0.2, 0) is 11.3 Å². The molecule has 0 saturated heterocycles. The Bertz CT molecular complexity index is 568. The van der Waals surface area contributed by atoms with Gasteiger partial charge in [0.1, 0.15) is 0 Å². The molecule has 0 radical (unpaired) electrons. The van der Waals surface area contributed by atoms with Crippen LogP contribution < -0.4 is 5.73 Å². The Kier molecular flexibility index (Phi) is 5.97. The predicted octanol–water partition coefficient (Wildman–Crippen LogP) is 4.75. The van der Waals surface area contributed by atoms with E-state index in [0.29, 0.717) is 6.61 Å². The van der Waals surface area contributed by atoms with E-state index in [4.69, 9.17) is 10.5 Å². The highest BCUT2D eigenvalue weighted by atomic mass is 79.9. The van der Waals surface area contributed by atoms with Gasteiger partial charge in [0, 0.05) is 10.5 Å². The van der Waals surface area contributed by atoms with E-state index in [-0.39, 0.29) is 12.1 Å². The minimum atomic E-state index is -0.0708. The molecule has 0 amide bonds. The van der Waals surface area contributed by atoms with E-state index >= 15 is 0 Å². The zero-order valence-electron chi connectivity index (χ0n) is 12.6. The van der Waals surface area contributed by atoms with Crippen molar-refractivity contribution >= 4 is 15.9 Å². The zero-order chi connectivity index (χ0) is 15.2. The largest absolute Gasteiger partial charge is 0.367 e. The van der Waals surface area contributed by atoms with Crippen molar-refractivity contribution in [2.45, 2.75) is 39.0 Å². The van der Waals surface area contributed by atoms with Gasteiger partial charge in [0.15, 0.2) is 0 Å². The second kappa shape index (κ2) is 7.74. The van der Waals surface area contributed by atoms with Crippen LogP contribution in [0.4, 0.5) is 0 Å². The SMILES string of the molecule is CCC(N)C(OCc1ccc(Br)cc1)c1cccc(C)c1. The molecule has 2 unspecified atom stereocenters. The van der Waals surface area contributed by atoms with E-state index in [1.54, 1.807) is 0 Å². The average molecular weight is 348 g/mol. The van der Waals surface area contributed by atoms with E-state index in [1.165, 1.54) is 5.56 Å². The molecule has 2 nitrogen and oxygen atoms in total. The predicted molar refractivity (Wildman–Crippen MR) is 91.1 cm³/mol. The minimum Gasteiger partial charge on any atom is -0.367 e. The summed E-state index contributed by atoms with van der Waals surface area (Å²) in [5.41, 5.74) is 9.79. The summed E-state index contributed by atoms with van der Waals surface area (Å²) in [6.07, 6.45) is 0.817. The molecule has 0 heterocycles. The fourth-order valence-corrected chi connectivity index (χ4v) is 2.56. The Morgan fingerprint density at radius 1 is 1.14 bits per heavy atom. The molecular weight excluding hydrogens is 326 g/mol. The normalized spacial score (nSPS) is 13.9. The molecule has 0 saturated carbocycles. The quantitative estimate of drug-likeness (QED) is 0.817. The van der Waals surface area contributed by atoms with Crippen LogP contribution in [0.5, 0.6) is 0 Å². The standard InChI is InChI=1S/C18H22BrNO/c1-3-17(20)18(15-6-4-5-13(2)11-15)21-12-14-7-9-16(19)10-8-14/h4-11,17-18H,3,12,20H2,1-2H3. The number of benzene rings is 2. The highest BCUT2D eigenvalue weighted by molar-refractivity contribution is 9.10. The molecule has 2 atom stereocenters. The van der Waals surface area contributed by atoms with Crippen molar-refractivity contribution in [1.29, 1.82) is 0 Å². The second-order valence-corrected chi connectivity index (χ2v) is 6.26. The van der Waals surface area contributed by atoms with Gasteiger partial charge in [0.2, 0.25) is 0 Å². The van der Waals surface area contributed by atoms with Gasteiger partial charge in [-0.25, -0.2) is 0 Å². The lowest BCUT2D eigenvalue weighted by molar-refractivity contribution is 0.0212. The summed E-state index contributed by atoms with van der Waals surface area (Å²) < 4.78 is 7.20. The maximum absolute atomic E-state index is 6.26. The van der Waals surface area contributed by atoms with Gasteiger partial charge in [-0.1, -0.05) is 64.8 Å². The Hall–Kier alpha value is -1.16. The van der Waals surface area contributed by atoms with Crippen LogP contribution in [0.2, 0.25) is 0 Å². The monoisotopic (exact) mass is 347 g/mol. The topological polar surface area (TPSA) is 35.2 Å². The summed E-state index contributed by atoms with van der Waals surface area (Å²) in [6.45, 7) is 4.75. The van der Waals surface area contributed by atoms with Gasteiger partial charge >= 0.3 is 0 Å². The number of hydrogen-bond acceptors (Lipinski definition) is 2. The molecular formula is C18H22BrNO. The first-order valence-corrected chi connectivity index (χ1v) is 8.07. The van der Waals surface area contributed by atoms with Gasteiger partial charge < -0.3 is 10.5 Å². The fraction of sp³-hybridized carbons (Fsp3) is 0.333. The molecule has 21 heavy (non-hydrogen) atoms. The summed E-state index contributed by atoms with van der Waals surface area (Å²) in [5.74, 6) is 0. The summed E-state index contributed by atoms with van der Waals surface area (Å²) in [4.78, 5) is 0. The van der Waals surface area contributed by atoms with Crippen molar-refractivity contribution in [3.63, 3.8) is 0 Å². The number of halogens is 1. The highest BCUT2D eigenvalue weighted by Gasteiger charge is 2.19. The first kappa shape index (κ1) is 16.2. The third-order valence-electron chi connectivity index (χ3n) is 3.57. The van der Waals surface area contributed by atoms with Crippen LogP contribution >= 0.6 is 15.9 Å². The lowest BCUT2D eigenvalue weighted by Crippen LogP contribution is -2.29. The van der Waals surface area contributed by atoms with Crippen molar-refractivity contribution in [2.24, 2.45) is 5.73 Å². The number of ether oxygens (including phenoxy) is 1. The Morgan fingerprint density at radius 2 is 1.86 bits per heavy atom. The van der Waals surface area contributed by atoms with E-state index in [2.05, 4.69) is 66.2 Å². The molecule has 0 aromatic heterocycles. The highest BCUT2D eigenvalue weighted by Crippen LogP contribution is 2.24. The molecule has 2 aromatic carbocycles. The molecule has 3 heteroatoms. The lowest BCUT2D eigenvalue weighted by atomic mass is 9.99. The van der Waals surface area contributed by atoms with Crippen LogP contribution in [-0.4, -0.2) is 6.04 Å². The minimum absolute atomic E-state index is 0.00208. The van der Waals surface area contributed by atoms with Gasteiger partial charge in [-0.15, -0.1) is 0 Å². The van der Waals surface area contributed by atoms with Crippen LogP contribution in [0.3, 0.4) is 0 Å². The number of aryl methyl sites for hydroxylation is 1. The molecule has 2 N–H and O–H groups in total. The third-order valence-corrected chi connectivity index (χ3v) is 4.10. The second-order valence-electron chi connectivity index (χ2n) is 5.34. The molecule has 0 spiro atoms. The van der Waals surface area contributed by atoms with E-state index < -0.39 is 0 Å². The molecule has 112 valence electrons. The molecule has 0 fully saturated rings. The molecule has 2 rings (SSSR count). The van der Waals surface area contributed by atoms with Crippen LogP contribution in [0.25, 0.3) is 0 Å². The third kappa shape index (κ3) is 4.67. The van der Waals surface area contributed by atoms with Crippen molar-refractivity contribution in [3.05, 3.63) is 69.7 Å². The molecule has 0 aliphatic carbocycles. The fourth-order valence-electron chi connectivity index (χ4n) is 2.29. The summed E-state index contributed by atoms with van der Waals surface area (Å²) in [6, 6.07) is 16.6. The van der Waals surface area contributed by atoms with E-state index in [0.717, 1.165) is 22.0 Å². The first-order valence-electron chi connectivity index (χ1n) is 7.28. The first-order chi connectivity index (χ1) is 10.1. The van der Waals surface area contributed by atoms with Gasteiger partial charge in [0.25, 0.3) is 0 Å². The van der Waals surface area contributed by atoms with Crippen molar-refractivity contribution in [2.75, 3.05) is 0 Å². The number of nitrogens with two attached hydrogens (primary N) is 1. The van der Waals surface area contributed by atoms with Crippen molar-refractivity contribution in [3.8, 4) is 0 Å². The summed E-state index contributed by atoms with van der Waals surface area (Å²) in [5, 5.41) is 0. The number of hydrogen-bond donors (Lipinski definition) is 1. The van der Waals surface area contributed by atoms with Crippen LogP contribution in [0.1, 0.15) is 36.1 Å².